The molecule has 18 rings (SSSR count). The first-order chi connectivity index (χ1) is 44.0. The van der Waals surface area contributed by atoms with Crippen LogP contribution in [0.3, 0.4) is 0 Å². The van der Waals surface area contributed by atoms with Crippen LogP contribution in [0.2, 0.25) is 0 Å². The third-order valence-corrected chi connectivity index (χ3v) is 19.8. The van der Waals surface area contributed by atoms with Gasteiger partial charge in [-0.1, -0.05) is 195 Å². The largest absolute Gasteiger partial charge is 0.440 e. The smallest absolute Gasteiger partial charge is 0.227 e. The zero-order valence-electron chi connectivity index (χ0n) is 49.4. The van der Waals surface area contributed by atoms with Gasteiger partial charge in [-0.15, -0.1) is 0 Å². The van der Waals surface area contributed by atoms with Crippen molar-refractivity contribution < 1.29 is 8.83 Å². The van der Waals surface area contributed by atoms with Crippen LogP contribution >= 0.6 is 0 Å². The molecule has 0 saturated heterocycles. The first kappa shape index (κ1) is 51.4. The fourth-order valence-electron chi connectivity index (χ4n) is 15.7. The van der Waals surface area contributed by atoms with Crippen LogP contribution in [-0.4, -0.2) is 9.97 Å². The molecule has 0 fully saturated rings. The van der Waals surface area contributed by atoms with Gasteiger partial charge >= 0.3 is 0 Å². The van der Waals surface area contributed by atoms with Gasteiger partial charge in [-0.2, -0.15) is 0 Å². The van der Waals surface area contributed by atoms with Crippen molar-refractivity contribution in [1.82, 2.24) is 9.97 Å². The van der Waals surface area contributed by atoms with Crippen LogP contribution in [0.25, 0.3) is 82.7 Å². The first-order valence-electron chi connectivity index (χ1n) is 31.3. The number of oxazole rings is 2. The highest BCUT2D eigenvalue weighted by Gasteiger charge is 2.47. The molecule has 4 aliphatic rings. The van der Waals surface area contributed by atoms with E-state index in [4.69, 9.17) is 18.8 Å². The Labute approximate surface area is 516 Å². The molecule has 6 nitrogen and oxygen atoms in total. The van der Waals surface area contributed by atoms with Crippen molar-refractivity contribution in [2.45, 2.75) is 56.4 Å². The summed E-state index contributed by atoms with van der Waals surface area (Å²) < 4.78 is 12.8. The number of fused-ring (bicyclic) bond motifs is 5. The SMILES string of the molecule is CCC1C=CC2=CCC(N(C3=CCC(c4nc5ccccc5o4)C=C3)c3ccc4c(c3)C(c3ccccc3)(c3ccccc3)c3cc(N(c5ccc(-c6nc7ccccc7o6)cc5)c5ccc6ccc7cccc8ccc5c6c78)ccc3-4)c3ccc(C)c1c32. The van der Waals surface area contributed by atoms with Crippen LogP contribution in [0.5, 0.6) is 0 Å². The van der Waals surface area contributed by atoms with Crippen LogP contribution < -0.4 is 9.80 Å². The molecule has 0 N–H and O–H groups in total. The van der Waals surface area contributed by atoms with E-state index in [0.717, 1.165) is 75.7 Å². The van der Waals surface area contributed by atoms with E-state index in [1.54, 1.807) is 0 Å². The number of allylic oxidation sites excluding steroid dienone is 6. The number of aromatic nitrogens is 2. The summed E-state index contributed by atoms with van der Waals surface area (Å²) in [5.74, 6) is 1.72. The van der Waals surface area contributed by atoms with Crippen LogP contribution in [0, 0.1) is 6.92 Å². The Morgan fingerprint density at radius 1 is 0.528 bits per heavy atom. The van der Waals surface area contributed by atoms with E-state index in [1.165, 1.54) is 99.2 Å². The van der Waals surface area contributed by atoms with Crippen LogP contribution in [-0.2, 0) is 5.41 Å². The van der Waals surface area contributed by atoms with Gasteiger partial charge in [0.1, 0.15) is 11.0 Å². The van der Waals surface area contributed by atoms with E-state index in [1.807, 2.05) is 48.5 Å². The number of aryl methyl sites for hydroxylation is 1. The zero-order valence-corrected chi connectivity index (χ0v) is 49.4. The average Bonchev–Trinajstić information content (AvgIpc) is 1.60. The number of nitrogens with zero attached hydrogens (tertiary/aromatic N) is 4. The van der Waals surface area contributed by atoms with Gasteiger partial charge in [0.05, 0.1) is 23.1 Å². The summed E-state index contributed by atoms with van der Waals surface area (Å²) in [5.41, 5.74) is 23.2. The van der Waals surface area contributed by atoms with Gasteiger partial charge in [-0.25, -0.2) is 9.97 Å². The predicted molar refractivity (Wildman–Crippen MR) is 365 cm³/mol. The number of para-hydroxylation sites is 4. The maximum Gasteiger partial charge on any atom is 0.227 e. The third kappa shape index (κ3) is 7.89. The topological polar surface area (TPSA) is 58.5 Å². The van der Waals surface area contributed by atoms with Crippen LogP contribution in [0.15, 0.2) is 288 Å². The van der Waals surface area contributed by atoms with E-state index >= 15 is 0 Å². The van der Waals surface area contributed by atoms with E-state index < -0.39 is 5.41 Å². The molecule has 3 unspecified atom stereocenters. The van der Waals surface area contributed by atoms with Crippen molar-refractivity contribution >= 4 is 82.8 Å². The molecular formula is C83H60N4O2. The lowest BCUT2D eigenvalue weighted by molar-refractivity contribution is 0.503. The molecule has 2 aromatic heterocycles. The second kappa shape index (κ2) is 20.1. The summed E-state index contributed by atoms with van der Waals surface area (Å²) in [7, 11) is 0. The average molecular weight is 1150 g/mol. The van der Waals surface area contributed by atoms with Gasteiger partial charge in [0.2, 0.25) is 11.8 Å². The number of benzene rings is 12. The molecule has 0 radical (unpaired) electrons. The quantitative estimate of drug-likeness (QED) is 0.120. The summed E-state index contributed by atoms with van der Waals surface area (Å²) in [6, 6.07) is 87.2. The Balaban J connectivity index is 0.842. The lowest BCUT2D eigenvalue weighted by Crippen LogP contribution is -2.32. The molecule has 6 heteroatoms. The van der Waals surface area contributed by atoms with Crippen LogP contribution in [0.4, 0.5) is 22.7 Å². The second-order valence-electron chi connectivity index (χ2n) is 24.5. The minimum Gasteiger partial charge on any atom is -0.440 e. The molecule has 0 saturated carbocycles. The molecule has 3 atom stereocenters. The van der Waals surface area contributed by atoms with Crippen LogP contribution in [0.1, 0.15) is 94.5 Å². The van der Waals surface area contributed by atoms with Gasteiger partial charge in [-0.05, 0) is 199 Å². The highest BCUT2D eigenvalue weighted by Crippen LogP contribution is 2.59. The van der Waals surface area contributed by atoms with E-state index in [0.29, 0.717) is 11.8 Å². The minimum absolute atomic E-state index is 0.00778. The Morgan fingerprint density at radius 3 is 1.87 bits per heavy atom. The molecule has 424 valence electrons. The molecule has 14 aromatic rings. The van der Waals surface area contributed by atoms with Crippen molar-refractivity contribution in [2.75, 3.05) is 9.80 Å². The molecule has 2 heterocycles. The predicted octanol–water partition coefficient (Wildman–Crippen LogP) is 21.7. The van der Waals surface area contributed by atoms with E-state index in [-0.39, 0.29) is 12.0 Å². The van der Waals surface area contributed by atoms with Crippen molar-refractivity contribution in [2.24, 2.45) is 0 Å². The first-order valence-corrected chi connectivity index (χ1v) is 31.3. The Hall–Kier alpha value is -10.8. The van der Waals surface area contributed by atoms with Gasteiger partial charge < -0.3 is 18.6 Å². The van der Waals surface area contributed by atoms with Crippen molar-refractivity contribution in [3.8, 4) is 22.6 Å². The van der Waals surface area contributed by atoms with Crippen molar-refractivity contribution in [3.05, 3.63) is 329 Å². The highest BCUT2D eigenvalue weighted by atomic mass is 16.4. The molecule has 0 bridgehead atoms. The number of rotatable bonds is 11. The number of hydrogen-bond donors (Lipinski definition) is 0. The minimum atomic E-state index is -0.743. The summed E-state index contributed by atoms with van der Waals surface area (Å²) in [4.78, 5) is 15.0. The molecule has 89 heavy (non-hydrogen) atoms. The standard InChI is InChI=1S/C83H60N4O2/c1-3-52-26-27-55-35-47-73(67-43-25-51(2)77(52)79(55)67)86(61-37-30-57(31-38-61)81-84-71-21-10-12-23-75(71)88-81)63-41-45-65-66-46-42-64(50-70(66)83(69(65)49-63,59-17-6-4-7-18-59)60-19-8-5-9-20-60)87(62-39-32-58(33-40-62)82-85-72-22-11-13-24-76(72)89-82)74-48-36-56-29-28-53-15-14-16-54-34-44-68(74)80(56)78(53)54/h4-30,32-46,48-50,52,57,73H,3,31,47H2,1-2H3. The van der Waals surface area contributed by atoms with Gasteiger partial charge in [0.25, 0.3) is 0 Å². The van der Waals surface area contributed by atoms with Gasteiger partial charge in [0.15, 0.2) is 11.2 Å². The molecule has 0 spiro atoms. The fraction of sp³-hybridized carbons (Fsp3) is 0.108. The third-order valence-electron chi connectivity index (χ3n) is 19.8. The van der Waals surface area contributed by atoms with Crippen molar-refractivity contribution in [1.29, 1.82) is 0 Å². The van der Waals surface area contributed by atoms with E-state index in [9.17, 15) is 0 Å². The molecule has 4 aliphatic carbocycles. The van der Waals surface area contributed by atoms with Gasteiger partial charge in [0, 0.05) is 39.6 Å². The summed E-state index contributed by atoms with van der Waals surface area (Å²) in [5, 5.41) is 7.43. The highest BCUT2D eigenvalue weighted by molar-refractivity contribution is 6.26. The molecular weight excluding hydrogens is 1080 g/mol. The summed E-state index contributed by atoms with van der Waals surface area (Å²) in [6.45, 7) is 4.62. The molecule has 0 aliphatic heterocycles. The maximum absolute atomic E-state index is 6.43. The van der Waals surface area contributed by atoms with Crippen molar-refractivity contribution in [3.63, 3.8) is 0 Å². The monoisotopic (exact) mass is 1140 g/mol. The Bertz CT molecular complexity index is 5170. The maximum atomic E-state index is 6.43. The number of hydrogen-bond acceptors (Lipinski definition) is 6. The normalized spacial score (nSPS) is 17.1. The van der Waals surface area contributed by atoms with E-state index in [2.05, 4.69) is 248 Å². The summed E-state index contributed by atoms with van der Waals surface area (Å²) >= 11 is 0. The second-order valence-corrected chi connectivity index (χ2v) is 24.5. The lowest BCUT2D eigenvalue weighted by atomic mass is 9.67. The lowest BCUT2D eigenvalue weighted by Gasteiger charge is -2.41. The van der Waals surface area contributed by atoms with Gasteiger partial charge in [-0.3, -0.25) is 0 Å². The Morgan fingerprint density at radius 2 is 1.17 bits per heavy atom. The zero-order chi connectivity index (χ0) is 58.9. The number of anilines is 4. The molecule has 12 aromatic carbocycles. The Kier molecular flexibility index (Phi) is 11.6. The summed E-state index contributed by atoms with van der Waals surface area (Å²) in [6.07, 6.45) is 17.1. The molecule has 0 amide bonds. The fourth-order valence-corrected chi connectivity index (χ4v) is 15.7.